The Morgan fingerprint density at radius 3 is 2.77 bits per heavy atom. The molecule has 1 N–H and O–H groups in total. The number of carbonyl (C=O) groups excluding carboxylic acids is 2. The fourth-order valence-corrected chi connectivity index (χ4v) is 3.06. The van der Waals surface area contributed by atoms with Crippen molar-refractivity contribution >= 4 is 17.5 Å². The van der Waals surface area contributed by atoms with Gasteiger partial charge < -0.3 is 10.2 Å². The highest BCUT2D eigenvalue weighted by Gasteiger charge is 2.39. The lowest BCUT2D eigenvalue weighted by Crippen LogP contribution is -2.41. The standard InChI is InChI=1S/C17H21FN2O2/c1-10(2)9-20(12-4-5-12)17(22)14-8-16(21)19-15-7-11(18)3-6-13(14)15/h3,6-7,10,12,14H,4-5,8-9H2,1-2H3,(H,19,21). The van der Waals surface area contributed by atoms with E-state index in [0.717, 1.165) is 18.4 Å². The average molecular weight is 304 g/mol. The molecule has 0 aromatic heterocycles. The lowest BCUT2D eigenvalue weighted by Gasteiger charge is -2.32. The van der Waals surface area contributed by atoms with Gasteiger partial charge in [0.25, 0.3) is 0 Å². The van der Waals surface area contributed by atoms with Crippen molar-refractivity contribution in [3.63, 3.8) is 0 Å². The molecule has 1 saturated carbocycles. The number of halogens is 1. The van der Waals surface area contributed by atoms with Gasteiger partial charge in [0.1, 0.15) is 5.82 Å². The topological polar surface area (TPSA) is 49.4 Å². The van der Waals surface area contributed by atoms with E-state index in [1.807, 2.05) is 4.90 Å². The largest absolute Gasteiger partial charge is 0.339 e. The van der Waals surface area contributed by atoms with E-state index in [-0.39, 0.29) is 18.2 Å². The minimum Gasteiger partial charge on any atom is -0.339 e. The summed E-state index contributed by atoms with van der Waals surface area (Å²) in [5.41, 5.74) is 1.15. The maximum Gasteiger partial charge on any atom is 0.230 e. The Morgan fingerprint density at radius 1 is 1.41 bits per heavy atom. The van der Waals surface area contributed by atoms with Crippen molar-refractivity contribution in [3.8, 4) is 0 Å². The van der Waals surface area contributed by atoms with Gasteiger partial charge in [-0.05, 0) is 36.5 Å². The first-order chi connectivity index (χ1) is 10.5. The zero-order valence-electron chi connectivity index (χ0n) is 12.9. The molecule has 1 aliphatic carbocycles. The zero-order valence-corrected chi connectivity index (χ0v) is 12.9. The molecule has 0 saturated heterocycles. The van der Waals surface area contributed by atoms with Crippen LogP contribution in [0.15, 0.2) is 18.2 Å². The molecule has 118 valence electrons. The third-order valence-electron chi connectivity index (χ3n) is 4.19. The highest BCUT2D eigenvalue weighted by atomic mass is 19.1. The van der Waals surface area contributed by atoms with Gasteiger partial charge in [0.2, 0.25) is 11.8 Å². The van der Waals surface area contributed by atoms with E-state index >= 15 is 0 Å². The molecule has 1 atom stereocenters. The van der Waals surface area contributed by atoms with Crippen molar-refractivity contribution in [1.82, 2.24) is 4.90 Å². The van der Waals surface area contributed by atoms with Gasteiger partial charge >= 0.3 is 0 Å². The Morgan fingerprint density at radius 2 is 2.14 bits per heavy atom. The van der Waals surface area contributed by atoms with Crippen LogP contribution in [0.1, 0.15) is 44.6 Å². The molecule has 0 bridgehead atoms. The van der Waals surface area contributed by atoms with Crippen molar-refractivity contribution in [3.05, 3.63) is 29.6 Å². The number of amides is 2. The third kappa shape index (κ3) is 2.98. The summed E-state index contributed by atoms with van der Waals surface area (Å²) in [5, 5.41) is 2.66. The molecule has 1 fully saturated rings. The van der Waals surface area contributed by atoms with Crippen LogP contribution >= 0.6 is 0 Å². The minimum atomic E-state index is -0.497. The highest BCUT2D eigenvalue weighted by molar-refractivity contribution is 6.01. The molecule has 1 heterocycles. The lowest BCUT2D eigenvalue weighted by molar-refractivity contribution is -0.136. The Balaban J connectivity index is 1.90. The second-order valence-corrected chi connectivity index (χ2v) is 6.65. The first kappa shape index (κ1) is 15.0. The molecule has 4 nitrogen and oxygen atoms in total. The summed E-state index contributed by atoms with van der Waals surface area (Å²) in [7, 11) is 0. The number of hydrogen-bond acceptors (Lipinski definition) is 2. The third-order valence-corrected chi connectivity index (χ3v) is 4.19. The molecule has 1 aromatic rings. The summed E-state index contributed by atoms with van der Waals surface area (Å²) in [4.78, 5) is 26.8. The maximum atomic E-state index is 13.4. The Kier molecular flexibility index (Phi) is 3.89. The Bertz CT molecular complexity index is 611. The van der Waals surface area contributed by atoms with Gasteiger partial charge in [0.15, 0.2) is 0 Å². The van der Waals surface area contributed by atoms with Crippen molar-refractivity contribution in [2.24, 2.45) is 5.92 Å². The molecule has 0 radical (unpaired) electrons. The van der Waals surface area contributed by atoms with Crippen molar-refractivity contribution in [1.29, 1.82) is 0 Å². The van der Waals surface area contributed by atoms with E-state index in [2.05, 4.69) is 19.2 Å². The van der Waals surface area contributed by atoms with E-state index in [9.17, 15) is 14.0 Å². The van der Waals surface area contributed by atoms with Gasteiger partial charge in [-0.2, -0.15) is 0 Å². The van der Waals surface area contributed by atoms with Crippen LogP contribution < -0.4 is 5.32 Å². The van der Waals surface area contributed by atoms with Crippen molar-refractivity contribution in [2.45, 2.75) is 45.1 Å². The summed E-state index contributed by atoms with van der Waals surface area (Å²) >= 11 is 0. The number of carbonyl (C=O) groups is 2. The SMILES string of the molecule is CC(C)CN(C(=O)C1CC(=O)Nc2cc(F)ccc21)C1CC1. The summed E-state index contributed by atoms with van der Waals surface area (Å²) in [6, 6.07) is 4.56. The summed E-state index contributed by atoms with van der Waals surface area (Å²) in [6.07, 6.45) is 2.21. The molecule has 5 heteroatoms. The fraction of sp³-hybridized carbons (Fsp3) is 0.529. The quantitative estimate of drug-likeness (QED) is 0.930. The number of benzene rings is 1. The van der Waals surface area contributed by atoms with Crippen LogP contribution in [0.5, 0.6) is 0 Å². The van der Waals surface area contributed by atoms with Gasteiger partial charge in [0.05, 0.1) is 5.92 Å². The smallest absolute Gasteiger partial charge is 0.230 e. The van der Waals surface area contributed by atoms with Crippen molar-refractivity contribution < 1.29 is 14.0 Å². The summed E-state index contributed by atoms with van der Waals surface area (Å²) in [5.74, 6) is -0.748. The second-order valence-electron chi connectivity index (χ2n) is 6.65. The molecule has 2 aliphatic rings. The summed E-state index contributed by atoms with van der Waals surface area (Å²) < 4.78 is 13.4. The van der Waals surface area contributed by atoms with E-state index in [4.69, 9.17) is 0 Å². The molecule has 1 unspecified atom stereocenters. The van der Waals surface area contributed by atoms with Crippen LogP contribution in [-0.4, -0.2) is 29.3 Å². The average Bonchev–Trinajstić information content (AvgIpc) is 3.27. The van der Waals surface area contributed by atoms with E-state index in [1.54, 1.807) is 6.07 Å². The van der Waals surface area contributed by atoms with Crippen LogP contribution in [0.4, 0.5) is 10.1 Å². The normalized spacial score (nSPS) is 20.5. The van der Waals surface area contributed by atoms with Crippen LogP contribution in [0.3, 0.4) is 0 Å². The number of hydrogen-bond donors (Lipinski definition) is 1. The van der Waals surface area contributed by atoms with E-state index in [1.165, 1.54) is 12.1 Å². The summed E-state index contributed by atoms with van der Waals surface area (Å²) in [6.45, 7) is 4.87. The minimum absolute atomic E-state index is 0.00101. The Labute approximate surface area is 129 Å². The number of fused-ring (bicyclic) bond motifs is 1. The predicted molar refractivity (Wildman–Crippen MR) is 82.0 cm³/mol. The molecule has 2 amide bonds. The molecule has 1 aromatic carbocycles. The van der Waals surface area contributed by atoms with Crippen LogP contribution in [0.25, 0.3) is 0 Å². The lowest BCUT2D eigenvalue weighted by atomic mass is 9.89. The van der Waals surface area contributed by atoms with Crippen molar-refractivity contribution in [2.75, 3.05) is 11.9 Å². The number of rotatable bonds is 4. The maximum absolute atomic E-state index is 13.4. The van der Waals surface area contributed by atoms with Gasteiger partial charge in [0, 0.05) is 24.7 Å². The molecule has 0 spiro atoms. The molecular weight excluding hydrogens is 283 g/mol. The number of anilines is 1. The first-order valence-electron chi connectivity index (χ1n) is 7.85. The van der Waals surface area contributed by atoms with Crippen LogP contribution in [0.2, 0.25) is 0 Å². The monoisotopic (exact) mass is 304 g/mol. The number of nitrogens with one attached hydrogen (secondary N) is 1. The highest BCUT2D eigenvalue weighted by Crippen LogP contribution is 2.37. The van der Waals surface area contributed by atoms with Gasteiger partial charge in [-0.1, -0.05) is 19.9 Å². The fourth-order valence-electron chi connectivity index (χ4n) is 3.06. The van der Waals surface area contributed by atoms with Crippen LogP contribution in [-0.2, 0) is 9.59 Å². The second kappa shape index (κ2) is 5.71. The molecule has 22 heavy (non-hydrogen) atoms. The van der Waals surface area contributed by atoms with E-state index < -0.39 is 11.7 Å². The molecule has 1 aliphatic heterocycles. The van der Waals surface area contributed by atoms with E-state index in [0.29, 0.717) is 24.2 Å². The number of nitrogens with zero attached hydrogens (tertiary/aromatic N) is 1. The van der Waals surface area contributed by atoms with Gasteiger partial charge in [-0.3, -0.25) is 9.59 Å². The van der Waals surface area contributed by atoms with Gasteiger partial charge in [-0.15, -0.1) is 0 Å². The zero-order chi connectivity index (χ0) is 15.9. The molecular formula is C17H21FN2O2. The van der Waals surface area contributed by atoms with Gasteiger partial charge in [-0.25, -0.2) is 4.39 Å². The Hall–Kier alpha value is -1.91. The molecule has 3 rings (SSSR count). The first-order valence-corrected chi connectivity index (χ1v) is 7.85. The van der Waals surface area contributed by atoms with Crippen LogP contribution in [0, 0.1) is 11.7 Å². The predicted octanol–water partition coefficient (Wildman–Crippen LogP) is 2.90.